The van der Waals surface area contributed by atoms with Crippen LogP contribution in [0.5, 0.6) is 11.5 Å². The van der Waals surface area contributed by atoms with Crippen molar-refractivity contribution in [1.82, 2.24) is 10.6 Å². The van der Waals surface area contributed by atoms with Crippen molar-refractivity contribution in [3.8, 4) is 11.5 Å². The van der Waals surface area contributed by atoms with Gasteiger partial charge in [-0.05, 0) is 37.7 Å². The Labute approximate surface area is 111 Å². The monoisotopic (exact) mass is 266 g/mol. The molecule has 3 N–H and O–H groups in total. The molecule has 1 aromatic rings. The fourth-order valence-corrected chi connectivity index (χ4v) is 1.89. The molecule has 0 aliphatic carbocycles. The van der Waals surface area contributed by atoms with E-state index in [1.54, 1.807) is 7.05 Å². The molecule has 1 aliphatic rings. The number of benzene rings is 1. The van der Waals surface area contributed by atoms with Crippen molar-refractivity contribution in [1.29, 1.82) is 0 Å². The molecule has 0 aromatic heterocycles. The lowest BCUT2D eigenvalue weighted by Gasteiger charge is -2.12. The van der Waals surface area contributed by atoms with Gasteiger partial charge in [0.15, 0.2) is 11.5 Å². The maximum absolute atomic E-state index is 10.8. The normalized spacial score (nSPS) is 14.4. The third-order valence-electron chi connectivity index (χ3n) is 3.02. The topological polar surface area (TPSA) is 79.8 Å². The van der Waals surface area contributed by atoms with E-state index >= 15 is 0 Å². The Morgan fingerprint density at radius 1 is 1.42 bits per heavy atom. The van der Waals surface area contributed by atoms with Gasteiger partial charge in [-0.1, -0.05) is 6.07 Å². The number of carbonyl (C=O) groups is 1. The summed E-state index contributed by atoms with van der Waals surface area (Å²) in [4.78, 5) is 10.8. The first-order chi connectivity index (χ1) is 9.20. The lowest BCUT2D eigenvalue weighted by atomic mass is 10.1. The Morgan fingerprint density at radius 2 is 2.21 bits per heavy atom. The van der Waals surface area contributed by atoms with E-state index in [0.29, 0.717) is 13.1 Å². The zero-order valence-corrected chi connectivity index (χ0v) is 10.8. The number of nitrogens with one attached hydrogen (secondary N) is 2. The Morgan fingerprint density at radius 3 is 2.95 bits per heavy atom. The van der Waals surface area contributed by atoms with E-state index in [0.717, 1.165) is 23.5 Å². The van der Waals surface area contributed by atoms with Crippen LogP contribution < -0.4 is 20.1 Å². The second-order valence-corrected chi connectivity index (χ2v) is 4.32. The molecule has 1 unspecified atom stereocenters. The van der Waals surface area contributed by atoms with Crippen LogP contribution in [0, 0.1) is 0 Å². The molecular weight excluding hydrogens is 248 g/mol. The standard InChI is InChI=1S/C13H18N2O4/c1-14-10(13(16)17)7-15-5-4-9-2-3-11-12(6-9)19-8-18-11/h2-3,6,10,14-15H,4-5,7-8H2,1H3,(H,16,17). The molecule has 1 aromatic carbocycles. The number of carboxylic acids is 1. The lowest BCUT2D eigenvalue weighted by molar-refractivity contribution is -0.139. The van der Waals surface area contributed by atoms with E-state index in [1.165, 1.54) is 0 Å². The van der Waals surface area contributed by atoms with Gasteiger partial charge in [-0.15, -0.1) is 0 Å². The van der Waals surface area contributed by atoms with Gasteiger partial charge in [0.2, 0.25) is 6.79 Å². The second-order valence-electron chi connectivity index (χ2n) is 4.32. The number of fused-ring (bicyclic) bond motifs is 1. The van der Waals surface area contributed by atoms with Crippen LogP contribution in [-0.2, 0) is 11.2 Å². The van der Waals surface area contributed by atoms with Crippen molar-refractivity contribution in [2.75, 3.05) is 26.9 Å². The van der Waals surface area contributed by atoms with Crippen LogP contribution in [0.3, 0.4) is 0 Å². The van der Waals surface area contributed by atoms with Gasteiger partial charge in [0.05, 0.1) is 0 Å². The smallest absolute Gasteiger partial charge is 0.322 e. The first-order valence-electron chi connectivity index (χ1n) is 6.20. The molecule has 0 fully saturated rings. The Kier molecular flexibility index (Phi) is 4.59. The maximum atomic E-state index is 10.8. The van der Waals surface area contributed by atoms with E-state index in [9.17, 15) is 4.79 Å². The van der Waals surface area contributed by atoms with E-state index in [1.807, 2.05) is 18.2 Å². The maximum Gasteiger partial charge on any atom is 0.322 e. The Hall–Kier alpha value is -1.79. The molecule has 1 atom stereocenters. The zero-order valence-electron chi connectivity index (χ0n) is 10.8. The molecule has 1 aliphatic heterocycles. The number of carboxylic acid groups (broad SMARTS) is 1. The van der Waals surface area contributed by atoms with Crippen molar-refractivity contribution >= 4 is 5.97 Å². The predicted molar refractivity (Wildman–Crippen MR) is 69.6 cm³/mol. The molecule has 0 spiro atoms. The number of rotatable bonds is 7. The average molecular weight is 266 g/mol. The van der Waals surface area contributed by atoms with Gasteiger partial charge in [0.25, 0.3) is 0 Å². The first-order valence-corrected chi connectivity index (χ1v) is 6.20. The second kappa shape index (κ2) is 6.40. The summed E-state index contributed by atoms with van der Waals surface area (Å²) in [5.74, 6) is 0.701. The molecule has 6 heteroatoms. The number of hydrogen-bond acceptors (Lipinski definition) is 5. The predicted octanol–water partition coefficient (Wildman–Crippen LogP) is 0.220. The van der Waals surface area contributed by atoms with Crippen molar-refractivity contribution in [2.45, 2.75) is 12.5 Å². The van der Waals surface area contributed by atoms with Crippen LogP contribution in [0.15, 0.2) is 18.2 Å². The molecule has 0 saturated carbocycles. The fourth-order valence-electron chi connectivity index (χ4n) is 1.89. The van der Waals surface area contributed by atoms with Gasteiger partial charge in [0, 0.05) is 6.54 Å². The highest BCUT2D eigenvalue weighted by Crippen LogP contribution is 2.32. The van der Waals surface area contributed by atoms with Crippen molar-refractivity contribution in [3.05, 3.63) is 23.8 Å². The van der Waals surface area contributed by atoms with Crippen LogP contribution in [-0.4, -0.2) is 44.0 Å². The van der Waals surface area contributed by atoms with Gasteiger partial charge >= 0.3 is 5.97 Å². The minimum absolute atomic E-state index is 0.277. The van der Waals surface area contributed by atoms with Crippen LogP contribution in [0.4, 0.5) is 0 Å². The van der Waals surface area contributed by atoms with Crippen LogP contribution >= 0.6 is 0 Å². The summed E-state index contributed by atoms with van der Waals surface area (Å²) < 4.78 is 10.5. The lowest BCUT2D eigenvalue weighted by Crippen LogP contribution is -2.43. The molecule has 0 radical (unpaired) electrons. The number of aliphatic carboxylic acids is 1. The van der Waals surface area contributed by atoms with Crippen molar-refractivity contribution in [2.24, 2.45) is 0 Å². The highest BCUT2D eigenvalue weighted by Gasteiger charge is 2.14. The minimum atomic E-state index is -0.849. The quantitative estimate of drug-likeness (QED) is 0.613. The summed E-state index contributed by atoms with van der Waals surface area (Å²) in [6.07, 6.45) is 0.812. The summed E-state index contributed by atoms with van der Waals surface area (Å²) >= 11 is 0. The number of ether oxygens (including phenoxy) is 2. The van der Waals surface area contributed by atoms with Gasteiger partial charge in [-0.25, -0.2) is 0 Å². The van der Waals surface area contributed by atoms with Crippen LogP contribution in [0.25, 0.3) is 0 Å². The summed E-state index contributed by atoms with van der Waals surface area (Å²) in [7, 11) is 1.64. The highest BCUT2D eigenvalue weighted by molar-refractivity contribution is 5.73. The Bertz CT molecular complexity index is 450. The van der Waals surface area contributed by atoms with Crippen LogP contribution in [0.1, 0.15) is 5.56 Å². The molecule has 6 nitrogen and oxygen atoms in total. The minimum Gasteiger partial charge on any atom is -0.480 e. The van der Waals surface area contributed by atoms with Gasteiger partial charge in [-0.3, -0.25) is 4.79 Å². The van der Waals surface area contributed by atoms with Crippen molar-refractivity contribution < 1.29 is 19.4 Å². The number of likely N-dealkylation sites (N-methyl/N-ethyl adjacent to an activating group) is 1. The van der Waals surface area contributed by atoms with Gasteiger partial charge < -0.3 is 25.2 Å². The summed E-state index contributed by atoms with van der Waals surface area (Å²) in [6.45, 7) is 1.39. The van der Waals surface area contributed by atoms with Gasteiger partial charge in [-0.2, -0.15) is 0 Å². The number of hydrogen-bond donors (Lipinski definition) is 3. The average Bonchev–Trinajstić information content (AvgIpc) is 2.85. The van der Waals surface area contributed by atoms with Gasteiger partial charge in [0.1, 0.15) is 6.04 Å². The molecule has 0 bridgehead atoms. The van der Waals surface area contributed by atoms with E-state index in [2.05, 4.69) is 10.6 Å². The van der Waals surface area contributed by atoms with Crippen LogP contribution in [0.2, 0.25) is 0 Å². The zero-order chi connectivity index (χ0) is 13.7. The first kappa shape index (κ1) is 13.6. The third kappa shape index (κ3) is 3.59. The summed E-state index contributed by atoms with van der Waals surface area (Å²) in [5, 5.41) is 14.7. The fraction of sp³-hybridized carbons (Fsp3) is 0.462. The highest BCUT2D eigenvalue weighted by atomic mass is 16.7. The summed E-state index contributed by atoms with van der Waals surface area (Å²) in [6, 6.07) is 5.28. The largest absolute Gasteiger partial charge is 0.480 e. The van der Waals surface area contributed by atoms with E-state index in [-0.39, 0.29) is 6.79 Å². The third-order valence-corrected chi connectivity index (χ3v) is 3.02. The molecule has 104 valence electrons. The molecule has 19 heavy (non-hydrogen) atoms. The SMILES string of the molecule is CNC(CNCCc1ccc2c(c1)OCO2)C(=O)O. The van der Waals surface area contributed by atoms with E-state index in [4.69, 9.17) is 14.6 Å². The molecular formula is C13H18N2O4. The molecule has 2 rings (SSSR count). The molecule has 1 heterocycles. The Balaban J connectivity index is 1.75. The molecule has 0 amide bonds. The van der Waals surface area contributed by atoms with E-state index < -0.39 is 12.0 Å². The molecule has 0 saturated heterocycles. The van der Waals surface area contributed by atoms with Crippen molar-refractivity contribution in [3.63, 3.8) is 0 Å². The summed E-state index contributed by atoms with van der Waals surface area (Å²) in [5.41, 5.74) is 1.13.